The molecule has 4 aromatic heterocycles. The number of hydrogen-bond acceptors (Lipinski definition) is 6. The smallest absolute Gasteiger partial charge is 0.255 e. The topological polar surface area (TPSA) is 88.9 Å². The summed E-state index contributed by atoms with van der Waals surface area (Å²) in [6.45, 7) is 2.85. The predicted octanol–water partition coefficient (Wildman–Crippen LogP) is 8.70. The first-order valence-corrected chi connectivity index (χ1v) is 12.6. The standard InChI is InChI=1S/2C10H8N2.C5H8O2.F6P.Ru/c2*1-3-7-11-9(5-1)10-6-2-4-8-12-10;1-4(6)3-5(2)7;1-7(2,3,4,5)6;/h2*1-8H;3,6H,1-2H3;;/q;;;-1;+1/b;;4-3-;;. The van der Waals surface area contributed by atoms with Crippen LogP contribution < -0.4 is 0 Å². The third-order valence-electron chi connectivity index (χ3n) is 3.60. The SMILES string of the molecule is CC(=O)/C=C(/C)O.F[P-](F)(F)(F)(F)F.[Ru+].c1ccc(-c2ccccn2)nc1.c1ccc(-c2ccccn2)nc1. The van der Waals surface area contributed by atoms with Gasteiger partial charge >= 0.3 is 52.5 Å². The number of rotatable bonds is 3. The van der Waals surface area contributed by atoms with Gasteiger partial charge in [-0.05, 0) is 62.4 Å². The summed E-state index contributed by atoms with van der Waals surface area (Å²) in [5, 5.41) is 8.36. The van der Waals surface area contributed by atoms with Crippen LogP contribution in [0.5, 0.6) is 0 Å². The van der Waals surface area contributed by atoms with E-state index < -0.39 is 7.81 Å². The number of aliphatic hydroxyl groups excluding tert-OH is 1. The quantitative estimate of drug-likeness (QED) is 0.0779. The van der Waals surface area contributed by atoms with Crippen molar-refractivity contribution in [2.75, 3.05) is 0 Å². The van der Waals surface area contributed by atoms with Crippen molar-refractivity contribution in [3.63, 3.8) is 0 Å². The molecule has 1 N–H and O–H groups in total. The van der Waals surface area contributed by atoms with Gasteiger partial charge in [-0.3, -0.25) is 24.7 Å². The van der Waals surface area contributed by atoms with Crippen molar-refractivity contribution < 1.29 is 54.6 Å². The fraction of sp³-hybridized carbons (Fsp3) is 0.0800. The number of pyridine rings is 4. The van der Waals surface area contributed by atoms with Gasteiger partial charge in [-0.1, -0.05) is 24.3 Å². The number of ketones is 1. The molecule has 0 saturated heterocycles. The molecule has 4 heterocycles. The molecule has 0 fully saturated rings. The van der Waals surface area contributed by atoms with E-state index in [0.29, 0.717) is 0 Å². The maximum absolute atomic E-state index is 10.7. The Hall–Kier alpha value is -3.56. The Morgan fingerprint density at radius 1 is 0.615 bits per heavy atom. The Labute approximate surface area is 233 Å². The molecule has 6 nitrogen and oxygen atoms in total. The number of hydrogen-bond donors (Lipinski definition) is 1. The fourth-order valence-corrected chi connectivity index (χ4v) is 2.35. The van der Waals surface area contributed by atoms with Crippen LogP contribution in [0, 0.1) is 0 Å². The molecular formula is C25H24F6N4O2PRu. The zero-order chi connectivity index (χ0) is 28.7. The van der Waals surface area contributed by atoms with Gasteiger partial charge < -0.3 is 5.11 Å². The molecule has 0 spiro atoms. The van der Waals surface area contributed by atoms with Gasteiger partial charge in [0.2, 0.25) is 0 Å². The number of carbonyl (C=O) groups is 1. The minimum absolute atomic E-state index is 0. The van der Waals surface area contributed by atoms with Crippen LogP contribution in [0.25, 0.3) is 22.8 Å². The average molecular weight is 659 g/mol. The van der Waals surface area contributed by atoms with E-state index in [1.807, 2.05) is 72.8 Å². The molecule has 4 rings (SSSR count). The normalized spacial score (nSPS) is 12.2. The maximum Gasteiger partial charge on any atom is 1.00 e. The van der Waals surface area contributed by atoms with Crippen molar-refractivity contribution in [1.82, 2.24) is 19.9 Å². The second kappa shape index (κ2) is 15.1. The van der Waals surface area contributed by atoms with Gasteiger partial charge in [0, 0.05) is 30.9 Å². The van der Waals surface area contributed by atoms with Crippen LogP contribution in [0.4, 0.5) is 25.2 Å². The third-order valence-corrected chi connectivity index (χ3v) is 3.60. The van der Waals surface area contributed by atoms with Crippen LogP contribution in [-0.2, 0) is 24.3 Å². The van der Waals surface area contributed by atoms with Gasteiger partial charge in [-0.15, -0.1) is 0 Å². The Kier molecular flexibility index (Phi) is 13.8. The molecule has 0 aliphatic heterocycles. The zero-order valence-corrected chi connectivity index (χ0v) is 23.2. The minimum Gasteiger partial charge on any atom is -0.255 e. The summed E-state index contributed by atoms with van der Waals surface area (Å²) < 4.78 is 59.2. The summed E-state index contributed by atoms with van der Waals surface area (Å²) in [7, 11) is -10.7. The molecule has 0 saturated carbocycles. The van der Waals surface area contributed by atoms with Crippen LogP contribution in [0.2, 0.25) is 0 Å². The summed E-state index contributed by atoms with van der Waals surface area (Å²) in [6, 6.07) is 23.2. The Bertz CT molecular complexity index is 1120. The summed E-state index contributed by atoms with van der Waals surface area (Å²) >= 11 is 0. The number of allylic oxidation sites excluding steroid dienone is 2. The van der Waals surface area contributed by atoms with Crippen LogP contribution in [0.3, 0.4) is 0 Å². The first kappa shape index (κ1) is 35.4. The van der Waals surface area contributed by atoms with E-state index in [0.717, 1.165) is 22.8 Å². The third kappa shape index (κ3) is 22.2. The molecule has 39 heavy (non-hydrogen) atoms. The van der Waals surface area contributed by atoms with E-state index in [-0.39, 0.29) is 31.0 Å². The van der Waals surface area contributed by atoms with Crippen molar-refractivity contribution in [2.24, 2.45) is 0 Å². The summed E-state index contributed by atoms with van der Waals surface area (Å²) in [5.41, 5.74) is 3.66. The van der Waals surface area contributed by atoms with Gasteiger partial charge in [0.05, 0.1) is 28.5 Å². The Morgan fingerprint density at radius 3 is 0.949 bits per heavy atom. The van der Waals surface area contributed by atoms with E-state index in [9.17, 15) is 30.0 Å². The largest absolute Gasteiger partial charge is 1.00 e. The molecule has 0 aliphatic rings. The molecule has 0 bridgehead atoms. The van der Waals surface area contributed by atoms with Crippen LogP contribution in [0.1, 0.15) is 13.8 Å². The molecule has 0 aromatic carbocycles. The van der Waals surface area contributed by atoms with Gasteiger partial charge in [0.1, 0.15) is 0 Å². The second-order valence-corrected chi connectivity index (χ2v) is 9.13. The van der Waals surface area contributed by atoms with Crippen molar-refractivity contribution in [1.29, 1.82) is 0 Å². The molecule has 0 aliphatic carbocycles. The van der Waals surface area contributed by atoms with Gasteiger partial charge in [0.25, 0.3) is 0 Å². The molecule has 0 unspecified atom stereocenters. The number of nitrogens with zero attached hydrogens (tertiary/aromatic N) is 4. The van der Waals surface area contributed by atoms with Crippen molar-refractivity contribution in [3.05, 3.63) is 109 Å². The molecule has 4 aromatic rings. The Morgan fingerprint density at radius 2 is 0.846 bits per heavy atom. The van der Waals surface area contributed by atoms with Crippen LogP contribution >= 0.6 is 7.81 Å². The van der Waals surface area contributed by atoms with E-state index >= 15 is 0 Å². The van der Waals surface area contributed by atoms with Crippen molar-refractivity contribution in [3.8, 4) is 22.8 Å². The first-order valence-electron chi connectivity index (χ1n) is 10.6. The van der Waals surface area contributed by atoms with E-state index in [2.05, 4.69) is 19.9 Å². The average Bonchev–Trinajstić information content (AvgIpc) is 2.84. The van der Waals surface area contributed by atoms with Crippen molar-refractivity contribution >= 4 is 13.6 Å². The molecular weight excluding hydrogens is 634 g/mol. The van der Waals surface area contributed by atoms with Gasteiger partial charge in [-0.2, -0.15) is 0 Å². The molecule has 1 radical (unpaired) electrons. The van der Waals surface area contributed by atoms with Gasteiger partial charge in [-0.25, -0.2) is 0 Å². The number of halogens is 6. The van der Waals surface area contributed by atoms with E-state index in [4.69, 9.17) is 5.11 Å². The number of aliphatic hydroxyl groups is 1. The summed E-state index contributed by atoms with van der Waals surface area (Å²) in [5.74, 6) is -0.0625. The monoisotopic (exact) mass is 659 g/mol. The van der Waals surface area contributed by atoms with Gasteiger partial charge in [0.15, 0.2) is 5.78 Å². The zero-order valence-electron chi connectivity index (χ0n) is 20.5. The molecule has 0 atom stereocenters. The summed E-state index contributed by atoms with van der Waals surface area (Å²) in [6.07, 6.45) is 8.24. The molecule has 0 amide bonds. The molecule has 14 heteroatoms. The van der Waals surface area contributed by atoms with E-state index in [1.54, 1.807) is 24.8 Å². The van der Waals surface area contributed by atoms with Crippen LogP contribution in [-0.4, -0.2) is 30.8 Å². The minimum atomic E-state index is -10.7. The van der Waals surface area contributed by atoms with Crippen molar-refractivity contribution in [2.45, 2.75) is 13.8 Å². The number of carbonyl (C=O) groups excluding carboxylic acids is 1. The second-order valence-electron chi connectivity index (χ2n) is 7.21. The van der Waals surface area contributed by atoms with E-state index in [1.165, 1.54) is 19.9 Å². The first-order chi connectivity index (χ1) is 17.5. The number of aromatic nitrogens is 4. The fourth-order valence-electron chi connectivity index (χ4n) is 2.35. The Balaban J connectivity index is 0.000000508. The summed E-state index contributed by atoms with van der Waals surface area (Å²) in [4.78, 5) is 26.8. The van der Waals surface area contributed by atoms with Crippen LogP contribution in [0.15, 0.2) is 109 Å². The maximum atomic E-state index is 10.0. The molecule has 211 valence electrons. The predicted molar refractivity (Wildman–Crippen MR) is 136 cm³/mol.